The Labute approximate surface area is 98.2 Å². The summed E-state index contributed by atoms with van der Waals surface area (Å²) in [5.41, 5.74) is 5.45. The molecule has 0 aromatic heterocycles. The zero-order valence-electron chi connectivity index (χ0n) is 10.5. The molecular formula is C13H24N2O. The molecule has 0 radical (unpaired) electrons. The number of nitrogens with two attached hydrogens (primary N) is 1. The monoisotopic (exact) mass is 224 g/mol. The SMILES string of the molecule is CC(NC(=O)C(C)(N)C1CC1)C1CCCC1. The number of rotatable bonds is 4. The molecular weight excluding hydrogens is 200 g/mol. The summed E-state index contributed by atoms with van der Waals surface area (Å²) in [6.07, 6.45) is 7.36. The first-order chi connectivity index (χ1) is 7.51. The van der Waals surface area contributed by atoms with Gasteiger partial charge in [-0.25, -0.2) is 0 Å². The fraction of sp³-hybridized carbons (Fsp3) is 0.923. The zero-order valence-corrected chi connectivity index (χ0v) is 10.5. The normalized spacial score (nSPS) is 27.4. The lowest BCUT2D eigenvalue weighted by Gasteiger charge is -2.28. The van der Waals surface area contributed by atoms with Crippen LogP contribution in [-0.4, -0.2) is 17.5 Å². The third-order valence-corrected chi connectivity index (χ3v) is 4.38. The maximum absolute atomic E-state index is 12.1. The van der Waals surface area contributed by atoms with Crippen LogP contribution in [0.4, 0.5) is 0 Å². The molecule has 2 rings (SSSR count). The summed E-state index contributed by atoms with van der Waals surface area (Å²) in [5.74, 6) is 1.12. The van der Waals surface area contributed by atoms with Crippen molar-refractivity contribution in [1.82, 2.24) is 5.32 Å². The largest absolute Gasteiger partial charge is 0.352 e. The van der Waals surface area contributed by atoms with Crippen LogP contribution in [-0.2, 0) is 4.79 Å². The van der Waals surface area contributed by atoms with E-state index in [0.717, 1.165) is 12.8 Å². The van der Waals surface area contributed by atoms with Gasteiger partial charge in [0.1, 0.15) is 0 Å². The standard InChI is InChI=1S/C13H24N2O/c1-9(10-5-3-4-6-10)15-12(16)13(2,14)11-7-8-11/h9-11H,3-8,14H2,1-2H3,(H,15,16). The average molecular weight is 224 g/mol. The molecule has 0 spiro atoms. The Morgan fingerprint density at radius 3 is 2.38 bits per heavy atom. The van der Waals surface area contributed by atoms with Crippen molar-refractivity contribution >= 4 is 5.91 Å². The van der Waals surface area contributed by atoms with E-state index < -0.39 is 5.54 Å². The molecule has 2 saturated carbocycles. The molecule has 2 unspecified atom stereocenters. The molecule has 2 fully saturated rings. The Kier molecular flexibility index (Phi) is 3.24. The summed E-state index contributed by atoms with van der Waals surface area (Å²) in [6, 6.07) is 0.289. The Morgan fingerprint density at radius 2 is 1.88 bits per heavy atom. The van der Waals surface area contributed by atoms with E-state index in [1.54, 1.807) is 0 Å². The molecule has 2 atom stereocenters. The second-order valence-corrected chi connectivity index (χ2v) is 5.86. The molecule has 0 aliphatic heterocycles. The van der Waals surface area contributed by atoms with E-state index in [1.165, 1.54) is 25.7 Å². The fourth-order valence-corrected chi connectivity index (χ4v) is 2.81. The van der Waals surface area contributed by atoms with Crippen LogP contribution in [0.15, 0.2) is 0 Å². The van der Waals surface area contributed by atoms with Gasteiger partial charge in [0.05, 0.1) is 5.54 Å². The summed E-state index contributed by atoms with van der Waals surface area (Å²) in [6.45, 7) is 4.00. The number of nitrogens with one attached hydrogen (secondary N) is 1. The Bertz CT molecular complexity index is 265. The van der Waals surface area contributed by atoms with Gasteiger partial charge >= 0.3 is 0 Å². The van der Waals surface area contributed by atoms with Crippen LogP contribution in [0.3, 0.4) is 0 Å². The van der Waals surface area contributed by atoms with E-state index in [9.17, 15) is 4.79 Å². The quantitative estimate of drug-likeness (QED) is 0.765. The van der Waals surface area contributed by atoms with Gasteiger partial charge in [-0.05, 0) is 51.4 Å². The molecule has 2 aliphatic rings. The summed E-state index contributed by atoms with van der Waals surface area (Å²) in [4.78, 5) is 12.1. The summed E-state index contributed by atoms with van der Waals surface area (Å²) >= 11 is 0. The first-order valence-corrected chi connectivity index (χ1v) is 6.61. The molecule has 3 heteroatoms. The van der Waals surface area contributed by atoms with Crippen molar-refractivity contribution in [3.8, 4) is 0 Å². The van der Waals surface area contributed by atoms with Crippen LogP contribution >= 0.6 is 0 Å². The minimum absolute atomic E-state index is 0.0504. The highest BCUT2D eigenvalue weighted by Gasteiger charge is 2.44. The van der Waals surface area contributed by atoms with E-state index in [1.807, 2.05) is 6.92 Å². The van der Waals surface area contributed by atoms with Crippen LogP contribution in [0.25, 0.3) is 0 Å². The van der Waals surface area contributed by atoms with Gasteiger partial charge < -0.3 is 11.1 Å². The van der Waals surface area contributed by atoms with Gasteiger partial charge in [0.25, 0.3) is 0 Å². The molecule has 0 aromatic carbocycles. The predicted octanol–water partition coefficient (Wildman–Crippen LogP) is 1.81. The van der Waals surface area contributed by atoms with Crippen molar-refractivity contribution in [2.24, 2.45) is 17.6 Å². The number of hydrogen-bond donors (Lipinski definition) is 2. The van der Waals surface area contributed by atoms with E-state index in [-0.39, 0.29) is 11.9 Å². The number of hydrogen-bond acceptors (Lipinski definition) is 2. The molecule has 3 N–H and O–H groups in total. The first-order valence-electron chi connectivity index (χ1n) is 6.61. The zero-order chi connectivity index (χ0) is 11.8. The second-order valence-electron chi connectivity index (χ2n) is 5.86. The molecule has 0 bridgehead atoms. The average Bonchev–Trinajstić information content (AvgIpc) is 2.95. The third kappa shape index (κ3) is 2.40. The molecule has 92 valence electrons. The van der Waals surface area contributed by atoms with Crippen LogP contribution in [0.2, 0.25) is 0 Å². The van der Waals surface area contributed by atoms with Gasteiger partial charge in [-0.15, -0.1) is 0 Å². The van der Waals surface area contributed by atoms with Crippen LogP contribution in [0.5, 0.6) is 0 Å². The van der Waals surface area contributed by atoms with Crippen LogP contribution in [0.1, 0.15) is 52.4 Å². The van der Waals surface area contributed by atoms with Gasteiger partial charge in [0.2, 0.25) is 5.91 Å². The summed E-state index contributed by atoms with van der Waals surface area (Å²) in [5, 5.41) is 3.12. The molecule has 3 nitrogen and oxygen atoms in total. The van der Waals surface area contributed by atoms with Gasteiger partial charge in [-0.1, -0.05) is 12.8 Å². The highest BCUT2D eigenvalue weighted by Crippen LogP contribution is 2.38. The number of amides is 1. The van der Waals surface area contributed by atoms with Crippen LogP contribution < -0.4 is 11.1 Å². The van der Waals surface area contributed by atoms with Crippen molar-refractivity contribution in [2.45, 2.75) is 64.0 Å². The predicted molar refractivity (Wildman–Crippen MR) is 64.9 cm³/mol. The lowest BCUT2D eigenvalue weighted by atomic mass is 9.93. The van der Waals surface area contributed by atoms with E-state index >= 15 is 0 Å². The minimum Gasteiger partial charge on any atom is -0.352 e. The lowest BCUT2D eigenvalue weighted by molar-refractivity contribution is -0.127. The van der Waals surface area contributed by atoms with Crippen LogP contribution in [0, 0.1) is 11.8 Å². The molecule has 16 heavy (non-hydrogen) atoms. The van der Waals surface area contributed by atoms with E-state index in [0.29, 0.717) is 11.8 Å². The highest BCUT2D eigenvalue weighted by atomic mass is 16.2. The number of carbonyl (C=O) groups excluding carboxylic acids is 1. The van der Waals surface area contributed by atoms with Crippen molar-refractivity contribution in [1.29, 1.82) is 0 Å². The van der Waals surface area contributed by atoms with Gasteiger partial charge in [-0.3, -0.25) is 4.79 Å². The summed E-state index contributed by atoms with van der Waals surface area (Å²) < 4.78 is 0. The Balaban J connectivity index is 1.85. The summed E-state index contributed by atoms with van der Waals surface area (Å²) in [7, 11) is 0. The minimum atomic E-state index is -0.646. The third-order valence-electron chi connectivity index (χ3n) is 4.38. The van der Waals surface area contributed by atoms with Gasteiger partial charge in [0.15, 0.2) is 0 Å². The van der Waals surface area contributed by atoms with E-state index in [4.69, 9.17) is 5.73 Å². The highest BCUT2D eigenvalue weighted by molar-refractivity contribution is 5.86. The van der Waals surface area contributed by atoms with Crippen molar-refractivity contribution < 1.29 is 4.79 Å². The smallest absolute Gasteiger partial charge is 0.240 e. The van der Waals surface area contributed by atoms with Crippen molar-refractivity contribution in [2.75, 3.05) is 0 Å². The van der Waals surface area contributed by atoms with E-state index in [2.05, 4.69) is 12.2 Å². The topological polar surface area (TPSA) is 55.1 Å². The molecule has 0 heterocycles. The fourth-order valence-electron chi connectivity index (χ4n) is 2.81. The maximum atomic E-state index is 12.1. The van der Waals surface area contributed by atoms with Crippen molar-refractivity contribution in [3.63, 3.8) is 0 Å². The Hall–Kier alpha value is -0.570. The first kappa shape index (κ1) is 11.9. The molecule has 1 amide bonds. The second kappa shape index (κ2) is 4.36. The maximum Gasteiger partial charge on any atom is 0.240 e. The molecule has 0 saturated heterocycles. The van der Waals surface area contributed by atoms with Gasteiger partial charge in [0, 0.05) is 6.04 Å². The molecule has 2 aliphatic carbocycles. The Morgan fingerprint density at radius 1 is 1.31 bits per heavy atom. The molecule has 0 aromatic rings. The van der Waals surface area contributed by atoms with Crippen molar-refractivity contribution in [3.05, 3.63) is 0 Å². The van der Waals surface area contributed by atoms with Gasteiger partial charge in [-0.2, -0.15) is 0 Å². The number of carbonyl (C=O) groups is 1. The lowest BCUT2D eigenvalue weighted by Crippen LogP contribution is -2.56.